The molecule has 2 rings (SSSR count). The molecule has 1 aromatic heterocycles. The van der Waals surface area contributed by atoms with Crippen molar-refractivity contribution in [2.24, 2.45) is 0 Å². The van der Waals surface area contributed by atoms with Crippen molar-refractivity contribution in [3.05, 3.63) is 57.9 Å². The SMILES string of the molecule is COc1c(C)cnc(CC(=O)c2ccc(Cl)cc2)c1C. The molecule has 0 saturated carbocycles. The highest BCUT2D eigenvalue weighted by Gasteiger charge is 2.14. The molecule has 0 bridgehead atoms. The van der Waals surface area contributed by atoms with Gasteiger partial charge in [-0.05, 0) is 38.1 Å². The first kappa shape index (κ1) is 14.5. The molecule has 0 fully saturated rings. The van der Waals surface area contributed by atoms with Crippen LogP contribution in [0.3, 0.4) is 0 Å². The Morgan fingerprint density at radius 3 is 2.50 bits per heavy atom. The van der Waals surface area contributed by atoms with Crippen molar-refractivity contribution in [2.45, 2.75) is 20.3 Å². The fourth-order valence-electron chi connectivity index (χ4n) is 2.14. The van der Waals surface area contributed by atoms with E-state index in [0.29, 0.717) is 10.6 Å². The number of aromatic nitrogens is 1. The van der Waals surface area contributed by atoms with Gasteiger partial charge in [0.05, 0.1) is 19.2 Å². The number of carbonyl (C=O) groups excluding carboxylic acids is 1. The van der Waals surface area contributed by atoms with E-state index in [4.69, 9.17) is 16.3 Å². The van der Waals surface area contributed by atoms with E-state index in [1.54, 1.807) is 37.6 Å². The number of halogens is 1. The topological polar surface area (TPSA) is 39.2 Å². The lowest BCUT2D eigenvalue weighted by Crippen LogP contribution is -2.08. The standard InChI is InChI=1S/C16H16ClNO2/c1-10-9-18-14(11(2)16(10)20-3)8-15(19)12-4-6-13(17)7-5-12/h4-7,9H,8H2,1-3H3. The van der Waals surface area contributed by atoms with E-state index >= 15 is 0 Å². The van der Waals surface area contributed by atoms with Gasteiger partial charge in [-0.25, -0.2) is 0 Å². The minimum Gasteiger partial charge on any atom is -0.496 e. The lowest BCUT2D eigenvalue weighted by atomic mass is 10.0. The maximum Gasteiger partial charge on any atom is 0.168 e. The van der Waals surface area contributed by atoms with E-state index < -0.39 is 0 Å². The Kier molecular flexibility index (Phi) is 4.40. The van der Waals surface area contributed by atoms with Crippen LogP contribution in [0.25, 0.3) is 0 Å². The van der Waals surface area contributed by atoms with Crippen LogP contribution in [0.4, 0.5) is 0 Å². The highest BCUT2D eigenvalue weighted by molar-refractivity contribution is 6.30. The van der Waals surface area contributed by atoms with E-state index in [-0.39, 0.29) is 12.2 Å². The molecule has 104 valence electrons. The van der Waals surface area contributed by atoms with Crippen molar-refractivity contribution in [1.29, 1.82) is 0 Å². The van der Waals surface area contributed by atoms with Crippen LogP contribution < -0.4 is 4.74 Å². The zero-order chi connectivity index (χ0) is 14.7. The van der Waals surface area contributed by atoms with Crippen LogP contribution in [0.2, 0.25) is 5.02 Å². The van der Waals surface area contributed by atoms with Crippen molar-refractivity contribution in [3.8, 4) is 5.75 Å². The third kappa shape index (κ3) is 2.99. The highest BCUT2D eigenvalue weighted by Crippen LogP contribution is 2.24. The van der Waals surface area contributed by atoms with E-state index in [9.17, 15) is 4.79 Å². The molecule has 1 heterocycles. The Morgan fingerprint density at radius 1 is 1.25 bits per heavy atom. The number of ether oxygens (including phenoxy) is 1. The van der Waals surface area contributed by atoms with Crippen molar-refractivity contribution in [3.63, 3.8) is 0 Å². The van der Waals surface area contributed by atoms with E-state index in [1.807, 2.05) is 13.8 Å². The third-order valence-electron chi connectivity index (χ3n) is 3.24. The van der Waals surface area contributed by atoms with Gasteiger partial charge in [-0.3, -0.25) is 9.78 Å². The molecule has 1 aromatic carbocycles. The number of methoxy groups -OCH3 is 1. The number of carbonyl (C=O) groups is 1. The summed E-state index contributed by atoms with van der Waals surface area (Å²) in [5.41, 5.74) is 3.25. The average Bonchev–Trinajstić information content (AvgIpc) is 2.43. The molecule has 2 aromatic rings. The molecule has 0 amide bonds. The molecule has 0 aliphatic heterocycles. The molecule has 0 aliphatic rings. The summed E-state index contributed by atoms with van der Waals surface area (Å²) in [6.45, 7) is 3.85. The Bertz CT molecular complexity index is 636. The maximum absolute atomic E-state index is 12.2. The van der Waals surface area contributed by atoms with Crippen molar-refractivity contribution in [2.75, 3.05) is 7.11 Å². The molecule has 0 N–H and O–H groups in total. The normalized spacial score (nSPS) is 10.4. The smallest absolute Gasteiger partial charge is 0.168 e. The molecule has 20 heavy (non-hydrogen) atoms. The number of pyridine rings is 1. The van der Waals surface area contributed by atoms with Crippen molar-refractivity contribution in [1.82, 2.24) is 4.98 Å². The van der Waals surface area contributed by atoms with Gasteiger partial charge in [0, 0.05) is 27.9 Å². The van der Waals surface area contributed by atoms with Gasteiger partial charge in [0.25, 0.3) is 0 Å². The summed E-state index contributed by atoms with van der Waals surface area (Å²) in [4.78, 5) is 16.6. The third-order valence-corrected chi connectivity index (χ3v) is 3.50. The molecular weight excluding hydrogens is 274 g/mol. The van der Waals surface area contributed by atoms with E-state index in [1.165, 1.54) is 0 Å². The zero-order valence-electron chi connectivity index (χ0n) is 11.7. The molecule has 0 atom stereocenters. The van der Waals surface area contributed by atoms with Crippen LogP contribution in [0.5, 0.6) is 5.75 Å². The number of rotatable bonds is 4. The van der Waals surface area contributed by atoms with Gasteiger partial charge in [-0.1, -0.05) is 11.6 Å². The fourth-order valence-corrected chi connectivity index (χ4v) is 2.27. The Morgan fingerprint density at radius 2 is 1.90 bits per heavy atom. The Labute approximate surface area is 123 Å². The second kappa shape index (κ2) is 6.06. The molecule has 4 heteroatoms. The fraction of sp³-hybridized carbons (Fsp3) is 0.250. The van der Waals surface area contributed by atoms with Gasteiger partial charge >= 0.3 is 0 Å². The Hall–Kier alpha value is -1.87. The van der Waals surface area contributed by atoms with Crippen LogP contribution >= 0.6 is 11.6 Å². The summed E-state index contributed by atoms with van der Waals surface area (Å²) in [7, 11) is 1.63. The van der Waals surface area contributed by atoms with Crippen LogP contribution in [0, 0.1) is 13.8 Å². The van der Waals surface area contributed by atoms with Crippen LogP contribution in [-0.2, 0) is 6.42 Å². The monoisotopic (exact) mass is 289 g/mol. The van der Waals surface area contributed by atoms with Crippen molar-refractivity contribution < 1.29 is 9.53 Å². The van der Waals surface area contributed by atoms with Crippen LogP contribution in [-0.4, -0.2) is 17.9 Å². The van der Waals surface area contributed by atoms with E-state index in [2.05, 4.69) is 4.98 Å². The summed E-state index contributed by atoms with van der Waals surface area (Å²) >= 11 is 5.82. The summed E-state index contributed by atoms with van der Waals surface area (Å²) in [6, 6.07) is 6.88. The summed E-state index contributed by atoms with van der Waals surface area (Å²) in [6.07, 6.45) is 1.99. The summed E-state index contributed by atoms with van der Waals surface area (Å²) in [5.74, 6) is 0.807. The predicted octanol–water partition coefficient (Wildman–Crippen LogP) is 3.79. The first-order valence-corrected chi connectivity index (χ1v) is 6.68. The maximum atomic E-state index is 12.2. The quantitative estimate of drug-likeness (QED) is 0.804. The van der Waals surface area contributed by atoms with Gasteiger partial charge in [-0.15, -0.1) is 0 Å². The molecular formula is C16H16ClNO2. The zero-order valence-corrected chi connectivity index (χ0v) is 12.5. The number of hydrogen-bond donors (Lipinski definition) is 0. The van der Waals surface area contributed by atoms with E-state index in [0.717, 1.165) is 22.6 Å². The molecule has 0 aliphatic carbocycles. The first-order valence-electron chi connectivity index (χ1n) is 6.30. The Balaban J connectivity index is 2.26. The molecule has 0 radical (unpaired) electrons. The molecule has 0 saturated heterocycles. The number of ketones is 1. The average molecular weight is 290 g/mol. The second-order valence-corrected chi connectivity index (χ2v) is 5.09. The minimum absolute atomic E-state index is 0.0168. The van der Waals surface area contributed by atoms with Gasteiger partial charge in [0.15, 0.2) is 5.78 Å². The first-order chi connectivity index (χ1) is 9.52. The number of benzene rings is 1. The number of Topliss-reactive ketones (excluding diaryl/α,β-unsaturated/α-hetero) is 1. The van der Waals surface area contributed by atoms with Crippen molar-refractivity contribution >= 4 is 17.4 Å². The summed E-state index contributed by atoms with van der Waals surface area (Å²) < 4.78 is 5.35. The highest BCUT2D eigenvalue weighted by atomic mass is 35.5. The molecule has 0 spiro atoms. The second-order valence-electron chi connectivity index (χ2n) is 4.65. The molecule has 0 unspecified atom stereocenters. The number of nitrogens with zero attached hydrogens (tertiary/aromatic N) is 1. The van der Waals surface area contributed by atoms with Gasteiger partial charge in [-0.2, -0.15) is 0 Å². The largest absolute Gasteiger partial charge is 0.496 e. The number of aryl methyl sites for hydroxylation is 1. The predicted molar refractivity (Wildman–Crippen MR) is 79.7 cm³/mol. The lowest BCUT2D eigenvalue weighted by molar-refractivity contribution is 0.0991. The van der Waals surface area contributed by atoms with Gasteiger partial charge in [0.2, 0.25) is 0 Å². The molecule has 3 nitrogen and oxygen atoms in total. The van der Waals surface area contributed by atoms with Gasteiger partial charge < -0.3 is 4.74 Å². The lowest BCUT2D eigenvalue weighted by Gasteiger charge is -2.11. The minimum atomic E-state index is 0.0168. The number of hydrogen-bond acceptors (Lipinski definition) is 3. The van der Waals surface area contributed by atoms with Crippen LogP contribution in [0.1, 0.15) is 27.2 Å². The van der Waals surface area contributed by atoms with Gasteiger partial charge in [0.1, 0.15) is 5.75 Å². The van der Waals surface area contributed by atoms with Crippen LogP contribution in [0.15, 0.2) is 30.5 Å². The summed E-state index contributed by atoms with van der Waals surface area (Å²) in [5, 5.41) is 0.618.